The first kappa shape index (κ1) is 18.8. The summed E-state index contributed by atoms with van der Waals surface area (Å²) in [4.78, 5) is 57.7. The predicted molar refractivity (Wildman–Crippen MR) is 126 cm³/mol. The summed E-state index contributed by atoms with van der Waals surface area (Å²) in [5.41, 5.74) is 4.18. The number of nitrogens with zero attached hydrogens (tertiary/aromatic N) is 1. The summed E-state index contributed by atoms with van der Waals surface area (Å²) in [6.07, 6.45) is 3.31. The number of hydrogen-bond donors (Lipinski definition) is 1. The Morgan fingerprint density at radius 3 is 1.94 bits per heavy atom. The number of Topliss-reactive ketones (excluding diaryl/α,β-unsaturated/α-hetero) is 2. The lowest BCUT2D eigenvalue weighted by Crippen LogP contribution is -2.41. The van der Waals surface area contributed by atoms with Crippen LogP contribution in [-0.4, -0.2) is 34.9 Å². The van der Waals surface area contributed by atoms with Crippen LogP contribution in [0.5, 0.6) is 0 Å². The van der Waals surface area contributed by atoms with E-state index in [1.807, 2.05) is 0 Å². The number of allylic oxidation sites excluding steroid dienone is 2. The molecular formula is C28H14N2O4. The van der Waals surface area contributed by atoms with Crippen molar-refractivity contribution >= 4 is 40.2 Å². The minimum atomic E-state index is -0.628. The van der Waals surface area contributed by atoms with Crippen molar-refractivity contribution in [1.29, 1.82) is 0 Å². The number of rotatable bonds is 0. The summed E-state index contributed by atoms with van der Waals surface area (Å²) >= 11 is 0. The summed E-state index contributed by atoms with van der Waals surface area (Å²) in [5, 5.41) is 3.31. The van der Waals surface area contributed by atoms with E-state index in [2.05, 4.69) is 5.32 Å². The van der Waals surface area contributed by atoms with Gasteiger partial charge < -0.3 is 5.32 Å². The van der Waals surface area contributed by atoms with E-state index < -0.39 is 6.04 Å². The van der Waals surface area contributed by atoms with E-state index in [4.69, 9.17) is 4.99 Å². The number of aliphatic imine (C=N–C) groups is 1. The van der Waals surface area contributed by atoms with Crippen LogP contribution in [0.3, 0.4) is 0 Å². The summed E-state index contributed by atoms with van der Waals surface area (Å²) < 4.78 is 0. The van der Waals surface area contributed by atoms with Crippen molar-refractivity contribution in [2.45, 2.75) is 6.04 Å². The maximum atomic E-state index is 13.4. The molecule has 7 rings (SSSR count). The SMILES string of the molecule is O=C1C2=C(C(=O)c3ccccc31)C1Nc3ccc4c(c3N=C1C=C2)C(=O)c1ccccc1C4=O. The third-order valence-corrected chi connectivity index (χ3v) is 6.81. The first-order valence-corrected chi connectivity index (χ1v) is 10.9. The molecule has 0 saturated carbocycles. The molecule has 1 unspecified atom stereocenters. The van der Waals surface area contributed by atoms with Gasteiger partial charge in [0.25, 0.3) is 0 Å². The number of anilines is 1. The lowest BCUT2D eigenvalue weighted by atomic mass is 9.76. The lowest BCUT2D eigenvalue weighted by Gasteiger charge is -2.34. The summed E-state index contributed by atoms with van der Waals surface area (Å²) in [5.74, 6) is -0.898. The molecule has 0 aromatic heterocycles. The van der Waals surface area contributed by atoms with Crippen molar-refractivity contribution in [2.75, 3.05) is 5.32 Å². The van der Waals surface area contributed by atoms with E-state index in [1.165, 1.54) is 0 Å². The largest absolute Gasteiger partial charge is 0.371 e. The zero-order valence-corrected chi connectivity index (χ0v) is 17.6. The van der Waals surface area contributed by atoms with Crippen LogP contribution >= 0.6 is 0 Å². The molecule has 0 spiro atoms. The third-order valence-electron chi connectivity index (χ3n) is 6.81. The number of benzene rings is 3. The van der Waals surface area contributed by atoms with Crippen LogP contribution < -0.4 is 5.32 Å². The fourth-order valence-corrected chi connectivity index (χ4v) is 5.21. The van der Waals surface area contributed by atoms with E-state index in [1.54, 1.807) is 72.8 Å². The van der Waals surface area contributed by atoms with Crippen molar-refractivity contribution in [3.8, 4) is 0 Å². The predicted octanol–water partition coefficient (Wildman–Crippen LogP) is 4.27. The lowest BCUT2D eigenvalue weighted by molar-refractivity contribution is 0.0975. The molecule has 3 aromatic carbocycles. The molecule has 0 amide bonds. The Labute approximate surface area is 193 Å². The van der Waals surface area contributed by atoms with Gasteiger partial charge in [-0.1, -0.05) is 48.5 Å². The first-order valence-electron chi connectivity index (χ1n) is 10.9. The van der Waals surface area contributed by atoms with Crippen LogP contribution in [0, 0.1) is 0 Å². The molecule has 0 fully saturated rings. The van der Waals surface area contributed by atoms with Crippen LogP contribution in [0.15, 0.2) is 89.0 Å². The number of carbonyl (C=O) groups excluding carboxylic acids is 4. The quantitative estimate of drug-likeness (QED) is 0.439. The normalized spacial score (nSPS) is 19.3. The second-order valence-corrected chi connectivity index (χ2v) is 8.57. The summed E-state index contributed by atoms with van der Waals surface area (Å²) in [6.45, 7) is 0. The Kier molecular flexibility index (Phi) is 3.55. The molecule has 160 valence electrons. The standard InChI is InChI=1S/C28H14N2O4/c31-25-13-5-1-3-7-15(13)27(33)21-17(25)9-11-19-23(21)29-20-12-10-18-22(24(20)30-19)28(34)16-8-4-2-6-14(16)26(18)32/h1-12,23,29H. The average Bonchev–Trinajstić information content (AvgIpc) is 2.88. The maximum Gasteiger partial charge on any atom is 0.196 e. The molecule has 34 heavy (non-hydrogen) atoms. The number of fused-ring (bicyclic) bond motifs is 7. The topological polar surface area (TPSA) is 92.7 Å². The van der Waals surface area contributed by atoms with Crippen LogP contribution in [0.25, 0.3) is 0 Å². The molecule has 0 radical (unpaired) electrons. The van der Waals surface area contributed by atoms with Crippen molar-refractivity contribution in [3.05, 3.63) is 117 Å². The van der Waals surface area contributed by atoms with E-state index in [9.17, 15) is 19.2 Å². The molecule has 4 aliphatic rings. The number of hydrogen-bond acceptors (Lipinski definition) is 6. The van der Waals surface area contributed by atoms with Gasteiger partial charge in [-0.25, -0.2) is 4.99 Å². The van der Waals surface area contributed by atoms with Crippen LogP contribution in [0.1, 0.15) is 52.6 Å². The molecular weight excluding hydrogens is 428 g/mol. The highest BCUT2D eigenvalue weighted by molar-refractivity contribution is 6.34. The Balaban J connectivity index is 1.39. The van der Waals surface area contributed by atoms with Crippen LogP contribution in [0.2, 0.25) is 0 Å². The van der Waals surface area contributed by atoms with E-state index >= 15 is 0 Å². The van der Waals surface area contributed by atoms with E-state index in [-0.39, 0.29) is 28.7 Å². The van der Waals surface area contributed by atoms with Gasteiger partial charge in [0.1, 0.15) is 0 Å². The molecule has 1 heterocycles. The van der Waals surface area contributed by atoms with Crippen molar-refractivity contribution in [3.63, 3.8) is 0 Å². The third kappa shape index (κ3) is 2.26. The molecule has 3 aliphatic carbocycles. The Morgan fingerprint density at radius 1 is 0.618 bits per heavy atom. The smallest absolute Gasteiger partial charge is 0.196 e. The Hall–Kier alpha value is -4.71. The molecule has 1 N–H and O–H groups in total. The highest BCUT2D eigenvalue weighted by Crippen LogP contribution is 2.43. The van der Waals surface area contributed by atoms with Crippen LogP contribution in [0.4, 0.5) is 11.4 Å². The zero-order chi connectivity index (χ0) is 23.1. The average molecular weight is 442 g/mol. The number of carbonyl (C=O) groups is 4. The van der Waals surface area contributed by atoms with Gasteiger partial charge in [0.15, 0.2) is 23.1 Å². The molecule has 3 aromatic rings. The van der Waals surface area contributed by atoms with E-state index in [0.717, 1.165) is 0 Å². The van der Waals surface area contributed by atoms with Gasteiger partial charge in [0, 0.05) is 39.0 Å². The fraction of sp³-hybridized carbons (Fsp3) is 0.0357. The van der Waals surface area contributed by atoms with Gasteiger partial charge in [-0.15, -0.1) is 0 Å². The van der Waals surface area contributed by atoms with Gasteiger partial charge in [-0.3, -0.25) is 19.2 Å². The highest BCUT2D eigenvalue weighted by atomic mass is 16.1. The number of ketones is 4. The minimum absolute atomic E-state index is 0.198. The molecule has 1 atom stereocenters. The van der Waals surface area contributed by atoms with E-state index in [0.29, 0.717) is 56.0 Å². The second kappa shape index (κ2) is 6.42. The molecule has 0 saturated heterocycles. The first-order chi connectivity index (χ1) is 16.5. The van der Waals surface area contributed by atoms with Gasteiger partial charge in [-0.05, 0) is 24.3 Å². The van der Waals surface area contributed by atoms with Crippen molar-refractivity contribution in [2.24, 2.45) is 4.99 Å². The Bertz CT molecular complexity index is 1650. The van der Waals surface area contributed by atoms with Crippen LogP contribution in [-0.2, 0) is 0 Å². The molecule has 6 heteroatoms. The summed E-state index contributed by atoms with van der Waals surface area (Å²) in [7, 11) is 0. The van der Waals surface area contributed by atoms with Gasteiger partial charge in [0.2, 0.25) is 0 Å². The second-order valence-electron chi connectivity index (χ2n) is 8.57. The van der Waals surface area contributed by atoms with Gasteiger partial charge >= 0.3 is 0 Å². The zero-order valence-electron chi connectivity index (χ0n) is 17.6. The minimum Gasteiger partial charge on any atom is -0.371 e. The highest BCUT2D eigenvalue weighted by Gasteiger charge is 2.41. The molecule has 0 bridgehead atoms. The molecule has 1 aliphatic heterocycles. The number of nitrogens with one attached hydrogen (secondary N) is 1. The van der Waals surface area contributed by atoms with Gasteiger partial charge in [-0.2, -0.15) is 0 Å². The summed E-state index contributed by atoms with van der Waals surface area (Å²) in [6, 6.07) is 16.2. The molecule has 6 nitrogen and oxygen atoms in total. The Morgan fingerprint density at radius 2 is 1.24 bits per heavy atom. The van der Waals surface area contributed by atoms with Gasteiger partial charge in [0.05, 0.1) is 28.7 Å². The monoisotopic (exact) mass is 442 g/mol. The van der Waals surface area contributed by atoms with Crippen molar-refractivity contribution < 1.29 is 19.2 Å². The fourth-order valence-electron chi connectivity index (χ4n) is 5.21. The maximum absolute atomic E-state index is 13.4. The van der Waals surface area contributed by atoms with Crippen molar-refractivity contribution in [1.82, 2.24) is 0 Å².